The quantitative estimate of drug-likeness (QED) is 0.765. The third-order valence-corrected chi connectivity index (χ3v) is 2.10. The smallest absolute Gasteiger partial charge is 0.145 e. The summed E-state index contributed by atoms with van der Waals surface area (Å²) in [5.74, 6) is 1.39. The molecule has 0 fully saturated rings. The second kappa shape index (κ2) is 4.45. The molecule has 0 bridgehead atoms. The maximum absolute atomic E-state index is 8.65. The molecule has 2 aromatic rings. The van der Waals surface area contributed by atoms with Crippen LogP contribution in [0, 0.1) is 18.3 Å². The van der Waals surface area contributed by atoms with Crippen LogP contribution in [0.5, 0.6) is 11.5 Å². The van der Waals surface area contributed by atoms with E-state index in [1.165, 1.54) is 0 Å². The zero-order chi connectivity index (χ0) is 11.4. The average molecular weight is 210 g/mol. The monoisotopic (exact) mass is 210 g/mol. The fourth-order valence-corrected chi connectivity index (χ4v) is 1.25. The van der Waals surface area contributed by atoms with Crippen molar-refractivity contribution in [3.63, 3.8) is 0 Å². The van der Waals surface area contributed by atoms with Crippen LogP contribution in [0.3, 0.4) is 0 Å². The summed E-state index contributed by atoms with van der Waals surface area (Å²) in [7, 11) is 0. The summed E-state index contributed by atoms with van der Waals surface area (Å²) in [6.07, 6.45) is 1.67. The van der Waals surface area contributed by atoms with Crippen LogP contribution in [0.2, 0.25) is 0 Å². The highest BCUT2D eigenvalue weighted by Gasteiger charge is 1.97. The summed E-state index contributed by atoms with van der Waals surface area (Å²) in [6.45, 7) is 1.92. The molecule has 0 saturated carbocycles. The Bertz CT molecular complexity index is 509. The van der Waals surface area contributed by atoms with Gasteiger partial charge in [-0.15, -0.1) is 0 Å². The van der Waals surface area contributed by atoms with E-state index in [0.717, 1.165) is 5.69 Å². The molecule has 0 spiro atoms. The van der Waals surface area contributed by atoms with E-state index in [9.17, 15) is 0 Å². The van der Waals surface area contributed by atoms with E-state index in [0.29, 0.717) is 17.1 Å². The van der Waals surface area contributed by atoms with E-state index in [1.807, 2.05) is 19.1 Å². The zero-order valence-corrected chi connectivity index (χ0v) is 8.84. The maximum Gasteiger partial charge on any atom is 0.145 e. The fraction of sp³-hybridized carbons (Fsp3) is 0.0769. The molecule has 0 unspecified atom stereocenters. The van der Waals surface area contributed by atoms with Crippen LogP contribution in [0.1, 0.15) is 11.3 Å². The van der Waals surface area contributed by atoms with Gasteiger partial charge in [0.05, 0.1) is 17.8 Å². The number of rotatable bonds is 2. The third-order valence-electron chi connectivity index (χ3n) is 2.10. The summed E-state index contributed by atoms with van der Waals surface area (Å²) in [6, 6.07) is 12.8. The van der Waals surface area contributed by atoms with E-state index < -0.39 is 0 Å². The van der Waals surface area contributed by atoms with Crippen LogP contribution in [0.4, 0.5) is 0 Å². The minimum Gasteiger partial charge on any atom is -0.456 e. The molecule has 1 aromatic carbocycles. The number of nitriles is 1. The lowest BCUT2D eigenvalue weighted by Crippen LogP contribution is -1.86. The van der Waals surface area contributed by atoms with Crippen molar-refractivity contribution in [2.75, 3.05) is 0 Å². The van der Waals surface area contributed by atoms with Gasteiger partial charge in [-0.1, -0.05) is 0 Å². The Balaban J connectivity index is 2.15. The van der Waals surface area contributed by atoms with E-state index in [-0.39, 0.29) is 0 Å². The molecule has 3 nitrogen and oxygen atoms in total. The molecule has 78 valence electrons. The van der Waals surface area contributed by atoms with Crippen LogP contribution in [-0.4, -0.2) is 4.98 Å². The molecule has 0 atom stereocenters. The van der Waals surface area contributed by atoms with Gasteiger partial charge in [-0.25, -0.2) is 0 Å². The topological polar surface area (TPSA) is 45.9 Å². The highest BCUT2D eigenvalue weighted by atomic mass is 16.5. The van der Waals surface area contributed by atoms with Gasteiger partial charge in [0.1, 0.15) is 11.5 Å². The van der Waals surface area contributed by atoms with E-state index in [2.05, 4.69) is 11.1 Å². The predicted molar refractivity (Wildman–Crippen MR) is 60.2 cm³/mol. The van der Waals surface area contributed by atoms with Crippen molar-refractivity contribution >= 4 is 0 Å². The number of ether oxygens (including phenoxy) is 1. The summed E-state index contributed by atoms with van der Waals surface area (Å²) in [5.41, 5.74) is 1.57. The highest BCUT2D eigenvalue weighted by molar-refractivity contribution is 5.36. The number of benzene rings is 1. The first kappa shape index (κ1) is 10.2. The molecule has 0 aliphatic rings. The lowest BCUT2D eigenvalue weighted by molar-refractivity contribution is 0.480. The highest BCUT2D eigenvalue weighted by Crippen LogP contribution is 2.20. The Labute approximate surface area is 93.9 Å². The standard InChI is InChI=1S/C13H10N2O/c1-10-2-5-13(9-15-10)16-12-6-3-11(8-14)4-7-12/h2-7,9H,1H3. The normalized spacial score (nSPS) is 9.50. The molecule has 0 radical (unpaired) electrons. The first-order chi connectivity index (χ1) is 7.78. The summed E-state index contributed by atoms with van der Waals surface area (Å²) < 4.78 is 5.56. The molecule has 3 heteroatoms. The van der Waals surface area contributed by atoms with Crippen LogP contribution < -0.4 is 4.74 Å². The van der Waals surface area contributed by atoms with Crippen molar-refractivity contribution in [1.29, 1.82) is 5.26 Å². The second-order valence-corrected chi connectivity index (χ2v) is 3.37. The largest absolute Gasteiger partial charge is 0.456 e. The van der Waals surface area contributed by atoms with Crippen LogP contribution in [0.25, 0.3) is 0 Å². The van der Waals surface area contributed by atoms with Gasteiger partial charge in [0.15, 0.2) is 0 Å². The Morgan fingerprint density at radius 3 is 2.31 bits per heavy atom. The summed E-state index contributed by atoms with van der Waals surface area (Å²) in [4.78, 5) is 4.13. The van der Waals surface area contributed by atoms with Gasteiger partial charge in [0, 0.05) is 5.69 Å². The molecule has 1 aromatic heterocycles. The maximum atomic E-state index is 8.65. The Morgan fingerprint density at radius 2 is 1.75 bits per heavy atom. The van der Waals surface area contributed by atoms with Gasteiger partial charge >= 0.3 is 0 Å². The van der Waals surface area contributed by atoms with Crippen molar-refractivity contribution in [3.8, 4) is 17.6 Å². The van der Waals surface area contributed by atoms with Crippen LogP contribution in [0.15, 0.2) is 42.6 Å². The number of pyridine rings is 1. The third kappa shape index (κ3) is 2.37. The molecule has 0 aliphatic heterocycles. The number of aromatic nitrogens is 1. The van der Waals surface area contributed by atoms with Gasteiger partial charge < -0.3 is 4.74 Å². The summed E-state index contributed by atoms with van der Waals surface area (Å²) >= 11 is 0. The van der Waals surface area contributed by atoms with Gasteiger partial charge in [-0.2, -0.15) is 5.26 Å². The van der Waals surface area contributed by atoms with Crippen molar-refractivity contribution < 1.29 is 4.74 Å². The second-order valence-electron chi connectivity index (χ2n) is 3.37. The van der Waals surface area contributed by atoms with E-state index in [1.54, 1.807) is 30.5 Å². The molecule has 0 amide bonds. The van der Waals surface area contributed by atoms with Gasteiger partial charge in [0.2, 0.25) is 0 Å². The minimum atomic E-state index is 0.620. The SMILES string of the molecule is Cc1ccc(Oc2ccc(C#N)cc2)cn1. The lowest BCUT2D eigenvalue weighted by atomic mass is 10.2. The Hall–Kier alpha value is -2.34. The molecule has 16 heavy (non-hydrogen) atoms. The van der Waals surface area contributed by atoms with Gasteiger partial charge in [0.25, 0.3) is 0 Å². The lowest BCUT2D eigenvalue weighted by Gasteiger charge is -2.04. The van der Waals surface area contributed by atoms with E-state index >= 15 is 0 Å². The predicted octanol–water partition coefficient (Wildman–Crippen LogP) is 3.05. The van der Waals surface area contributed by atoms with Gasteiger partial charge in [-0.3, -0.25) is 4.98 Å². The van der Waals surface area contributed by atoms with Crippen LogP contribution in [-0.2, 0) is 0 Å². The first-order valence-electron chi connectivity index (χ1n) is 4.88. The molecule has 1 heterocycles. The molecule has 0 aliphatic carbocycles. The molecule has 2 rings (SSSR count). The molecular weight excluding hydrogens is 200 g/mol. The minimum absolute atomic E-state index is 0.620. The van der Waals surface area contributed by atoms with Gasteiger partial charge in [-0.05, 0) is 43.3 Å². The number of hydrogen-bond acceptors (Lipinski definition) is 3. The van der Waals surface area contributed by atoms with Crippen LogP contribution >= 0.6 is 0 Å². The zero-order valence-electron chi connectivity index (χ0n) is 8.84. The van der Waals surface area contributed by atoms with Crippen molar-refractivity contribution in [3.05, 3.63) is 53.9 Å². The van der Waals surface area contributed by atoms with E-state index in [4.69, 9.17) is 10.00 Å². The fourth-order valence-electron chi connectivity index (χ4n) is 1.25. The molecular formula is C13H10N2O. The number of hydrogen-bond donors (Lipinski definition) is 0. The molecule has 0 saturated heterocycles. The Kier molecular flexibility index (Phi) is 2.84. The van der Waals surface area contributed by atoms with Crippen molar-refractivity contribution in [2.45, 2.75) is 6.92 Å². The number of aryl methyl sites for hydroxylation is 1. The number of nitrogens with zero attached hydrogens (tertiary/aromatic N) is 2. The molecule has 0 N–H and O–H groups in total. The van der Waals surface area contributed by atoms with Crippen molar-refractivity contribution in [1.82, 2.24) is 4.98 Å². The Morgan fingerprint density at radius 1 is 1.06 bits per heavy atom. The van der Waals surface area contributed by atoms with Crippen molar-refractivity contribution in [2.24, 2.45) is 0 Å². The summed E-state index contributed by atoms with van der Waals surface area (Å²) in [5, 5.41) is 8.65. The average Bonchev–Trinajstić information content (AvgIpc) is 2.33. The first-order valence-corrected chi connectivity index (χ1v) is 4.88.